The van der Waals surface area contributed by atoms with Crippen LogP contribution in [0.5, 0.6) is 0 Å². The highest BCUT2D eigenvalue weighted by Gasteiger charge is 2.34. The van der Waals surface area contributed by atoms with Crippen molar-refractivity contribution in [2.45, 2.75) is 12.5 Å². The van der Waals surface area contributed by atoms with Crippen molar-refractivity contribution in [2.75, 3.05) is 19.6 Å². The number of carbonyl (C=O) groups excluding carboxylic acids is 2. The van der Waals surface area contributed by atoms with E-state index in [9.17, 15) is 9.59 Å². The lowest BCUT2D eigenvalue weighted by atomic mass is 10.1. The van der Waals surface area contributed by atoms with Crippen molar-refractivity contribution in [3.05, 3.63) is 22.4 Å². The summed E-state index contributed by atoms with van der Waals surface area (Å²) < 4.78 is 0. The van der Waals surface area contributed by atoms with Crippen LogP contribution in [0.4, 0.5) is 0 Å². The van der Waals surface area contributed by atoms with Gasteiger partial charge >= 0.3 is 0 Å². The van der Waals surface area contributed by atoms with Gasteiger partial charge in [-0.2, -0.15) is 0 Å². The fourth-order valence-corrected chi connectivity index (χ4v) is 2.77. The molecule has 7 heteroatoms. The quantitative estimate of drug-likeness (QED) is 0.852. The SMILES string of the molecule is Cl.NCCC(=O)N1CCNC(=O)C1c1cccs1. The fourth-order valence-electron chi connectivity index (χ4n) is 1.93. The van der Waals surface area contributed by atoms with Crippen molar-refractivity contribution in [1.82, 2.24) is 10.2 Å². The Balaban J connectivity index is 0.00000162. The molecule has 1 aliphatic rings. The first-order valence-electron chi connectivity index (χ1n) is 5.54. The molecule has 1 atom stereocenters. The second-order valence-corrected chi connectivity index (χ2v) is 4.81. The molecule has 0 radical (unpaired) electrons. The first-order chi connectivity index (χ1) is 8.24. The molecule has 0 saturated carbocycles. The Hall–Kier alpha value is -1.11. The van der Waals surface area contributed by atoms with E-state index in [-0.39, 0.29) is 30.6 Å². The number of nitrogens with one attached hydrogen (secondary N) is 1. The molecule has 0 aliphatic carbocycles. The molecule has 3 N–H and O–H groups in total. The number of amides is 2. The third-order valence-electron chi connectivity index (χ3n) is 2.70. The summed E-state index contributed by atoms with van der Waals surface area (Å²) in [6.45, 7) is 1.37. The lowest BCUT2D eigenvalue weighted by Gasteiger charge is -2.34. The highest BCUT2D eigenvalue weighted by Crippen LogP contribution is 2.27. The summed E-state index contributed by atoms with van der Waals surface area (Å²) in [5.74, 6) is -0.162. The van der Waals surface area contributed by atoms with Crippen LogP contribution in [0.15, 0.2) is 17.5 Å². The molecule has 1 aromatic rings. The fraction of sp³-hybridized carbons (Fsp3) is 0.455. The number of piperazine rings is 1. The van der Waals surface area contributed by atoms with Gasteiger partial charge in [-0.15, -0.1) is 23.7 Å². The Morgan fingerprint density at radius 3 is 3.00 bits per heavy atom. The highest BCUT2D eigenvalue weighted by molar-refractivity contribution is 7.10. The number of halogens is 1. The molecule has 1 aromatic heterocycles. The second-order valence-electron chi connectivity index (χ2n) is 3.83. The van der Waals surface area contributed by atoms with E-state index in [1.54, 1.807) is 4.90 Å². The Morgan fingerprint density at radius 2 is 2.39 bits per heavy atom. The van der Waals surface area contributed by atoms with E-state index >= 15 is 0 Å². The summed E-state index contributed by atoms with van der Waals surface area (Å²) >= 11 is 1.49. The van der Waals surface area contributed by atoms with Gasteiger partial charge in [0, 0.05) is 30.9 Å². The van der Waals surface area contributed by atoms with Crippen molar-refractivity contribution >= 4 is 35.6 Å². The van der Waals surface area contributed by atoms with E-state index < -0.39 is 6.04 Å². The highest BCUT2D eigenvalue weighted by atomic mass is 35.5. The van der Waals surface area contributed by atoms with Gasteiger partial charge in [-0.1, -0.05) is 6.07 Å². The van der Waals surface area contributed by atoms with E-state index in [1.165, 1.54) is 11.3 Å². The second kappa shape index (κ2) is 6.72. The number of nitrogens with two attached hydrogens (primary N) is 1. The molecule has 5 nitrogen and oxygen atoms in total. The number of thiophene rings is 1. The third kappa shape index (κ3) is 3.01. The van der Waals surface area contributed by atoms with Gasteiger partial charge < -0.3 is 16.0 Å². The average Bonchev–Trinajstić information content (AvgIpc) is 2.82. The molecule has 18 heavy (non-hydrogen) atoms. The third-order valence-corrected chi connectivity index (χ3v) is 3.63. The Labute approximate surface area is 116 Å². The van der Waals surface area contributed by atoms with E-state index in [4.69, 9.17) is 5.73 Å². The van der Waals surface area contributed by atoms with Crippen LogP contribution in [0.3, 0.4) is 0 Å². The molecular formula is C11H16ClN3O2S. The Kier molecular flexibility index (Phi) is 5.58. The zero-order chi connectivity index (χ0) is 12.3. The van der Waals surface area contributed by atoms with Gasteiger partial charge in [0.15, 0.2) is 0 Å². The number of rotatable bonds is 3. The van der Waals surface area contributed by atoms with Gasteiger partial charge in [-0.05, 0) is 11.4 Å². The monoisotopic (exact) mass is 289 g/mol. The lowest BCUT2D eigenvalue weighted by Crippen LogP contribution is -2.52. The summed E-state index contributed by atoms with van der Waals surface area (Å²) in [4.78, 5) is 26.3. The molecule has 0 bridgehead atoms. The number of hydrogen-bond acceptors (Lipinski definition) is 4. The molecular weight excluding hydrogens is 274 g/mol. The van der Waals surface area contributed by atoms with Gasteiger partial charge in [0.05, 0.1) is 0 Å². The van der Waals surface area contributed by atoms with Crippen LogP contribution < -0.4 is 11.1 Å². The minimum absolute atomic E-state index is 0. The molecule has 100 valence electrons. The predicted molar refractivity (Wildman–Crippen MR) is 72.7 cm³/mol. The van der Waals surface area contributed by atoms with Gasteiger partial charge in [0.25, 0.3) is 0 Å². The predicted octanol–water partition coefficient (Wildman–Crippen LogP) is 0.518. The normalized spacial score (nSPS) is 19.1. The van der Waals surface area contributed by atoms with Gasteiger partial charge in [-0.25, -0.2) is 0 Å². The summed E-state index contributed by atoms with van der Waals surface area (Å²) in [7, 11) is 0. The number of nitrogens with zero attached hydrogens (tertiary/aromatic N) is 1. The summed E-state index contributed by atoms with van der Waals surface area (Å²) in [5, 5.41) is 4.70. The Bertz CT molecular complexity index is 410. The minimum atomic E-state index is -0.484. The topological polar surface area (TPSA) is 75.4 Å². The van der Waals surface area contributed by atoms with Crippen LogP contribution in [0.25, 0.3) is 0 Å². The van der Waals surface area contributed by atoms with Gasteiger partial charge in [0.2, 0.25) is 11.8 Å². The molecule has 2 amide bonds. The molecule has 0 spiro atoms. The number of hydrogen-bond donors (Lipinski definition) is 2. The first-order valence-corrected chi connectivity index (χ1v) is 6.42. The maximum atomic E-state index is 11.9. The minimum Gasteiger partial charge on any atom is -0.352 e. The molecule has 1 aliphatic heterocycles. The van der Waals surface area contributed by atoms with Crippen LogP contribution in [0, 0.1) is 0 Å². The molecule has 2 heterocycles. The molecule has 1 unspecified atom stereocenters. The standard InChI is InChI=1S/C11H15N3O2S.ClH/c12-4-3-9(15)14-6-5-13-11(16)10(14)8-2-1-7-17-8;/h1-2,7,10H,3-6,12H2,(H,13,16);1H. The van der Waals surface area contributed by atoms with E-state index in [2.05, 4.69) is 5.32 Å². The van der Waals surface area contributed by atoms with Crippen molar-refractivity contribution in [3.63, 3.8) is 0 Å². The zero-order valence-corrected chi connectivity index (χ0v) is 11.4. The van der Waals surface area contributed by atoms with Crippen molar-refractivity contribution < 1.29 is 9.59 Å². The van der Waals surface area contributed by atoms with Crippen LogP contribution in [-0.4, -0.2) is 36.3 Å². The maximum absolute atomic E-state index is 11.9. The molecule has 1 fully saturated rings. The number of carbonyl (C=O) groups is 2. The maximum Gasteiger partial charge on any atom is 0.248 e. The zero-order valence-electron chi connectivity index (χ0n) is 9.80. The van der Waals surface area contributed by atoms with Crippen molar-refractivity contribution in [2.24, 2.45) is 5.73 Å². The first kappa shape index (κ1) is 14.9. The van der Waals surface area contributed by atoms with E-state index in [0.29, 0.717) is 19.6 Å². The molecule has 0 aromatic carbocycles. The van der Waals surface area contributed by atoms with Crippen molar-refractivity contribution in [1.29, 1.82) is 0 Å². The smallest absolute Gasteiger partial charge is 0.248 e. The van der Waals surface area contributed by atoms with Crippen molar-refractivity contribution in [3.8, 4) is 0 Å². The van der Waals surface area contributed by atoms with Crippen LogP contribution in [0.2, 0.25) is 0 Å². The summed E-state index contributed by atoms with van der Waals surface area (Å²) in [6.07, 6.45) is 0.287. The summed E-state index contributed by atoms with van der Waals surface area (Å²) in [6, 6.07) is 3.28. The average molecular weight is 290 g/mol. The summed E-state index contributed by atoms with van der Waals surface area (Å²) in [5.41, 5.74) is 5.39. The van der Waals surface area contributed by atoms with Crippen LogP contribution >= 0.6 is 23.7 Å². The lowest BCUT2D eigenvalue weighted by molar-refractivity contribution is -0.143. The van der Waals surface area contributed by atoms with Gasteiger partial charge in [-0.3, -0.25) is 9.59 Å². The largest absolute Gasteiger partial charge is 0.352 e. The molecule has 2 rings (SSSR count). The van der Waals surface area contributed by atoms with E-state index in [0.717, 1.165) is 4.88 Å². The van der Waals surface area contributed by atoms with Crippen LogP contribution in [0.1, 0.15) is 17.3 Å². The van der Waals surface area contributed by atoms with Gasteiger partial charge in [0.1, 0.15) is 6.04 Å². The van der Waals surface area contributed by atoms with Crippen LogP contribution in [-0.2, 0) is 9.59 Å². The van der Waals surface area contributed by atoms with E-state index in [1.807, 2.05) is 17.5 Å². The molecule has 1 saturated heterocycles. The Morgan fingerprint density at radius 1 is 1.61 bits per heavy atom.